The summed E-state index contributed by atoms with van der Waals surface area (Å²) in [4.78, 5) is 13.7. The molecule has 2 atom stereocenters. The quantitative estimate of drug-likeness (QED) is 0.884. The van der Waals surface area contributed by atoms with Gasteiger partial charge in [-0.05, 0) is 37.0 Å². The number of aliphatic hydroxyl groups excluding tert-OH is 1. The molecule has 2 amide bonds. The van der Waals surface area contributed by atoms with Gasteiger partial charge in [0, 0.05) is 13.1 Å². The van der Waals surface area contributed by atoms with Crippen molar-refractivity contribution in [2.24, 2.45) is 5.92 Å². The van der Waals surface area contributed by atoms with Crippen LogP contribution in [-0.4, -0.2) is 48.0 Å². The fourth-order valence-electron chi connectivity index (χ4n) is 2.44. The van der Waals surface area contributed by atoms with E-state index in [1.165, 1.54) is 17.0 Å². The molecule has 0 spiro atoms. The molecule has 1 aromatic carbocycles. The Labute approximate surface area is 138 Å². The molecule has 24 heavy (non-hydrogen) atoms. The summed E-state index contributed by atoms with van der Waals surface area (Å²) in [5.74, 6) is 0.0747. The van der Waals surface area contributed by atoms with E-state index in [4.69, 9.17) is 4.74 Å². The molecule has 1 saturated heterocycles. The zero-order valence-corrected chi connectivity index (χ0v) is 13.6. The summed E-state index contributed by atoms with van der Waals surface area (Å²) < 4.78 is 41.9. The summed E-state index contributed by atoms with van der Waals surface area (Å²) in [6.07, 6.45) is -4.40. The van der Waals surface area contributed by atoms with E-state index in [1.807, 2.05) is 6.92 Å². The van der Waals surface area contributed by atoms with E-state index in [-0.39, 0.29) is 23.9 Å². The zero-order valence-electron chi connectivity index (χ0n) is 13.6. The number of piperidine rings is 1. The molecule has 0 saturated carbocycles. The second kappa shape index (κ2) is 7.29. The molecular formula is C16H21F3N2O3. The number of hydrogen-bond acceptors (Lipinski definition) is 3. The molecule has 2 N–H and O–H groups in total. The van der Waals surface area contributed by atoms with E-state index in [9.17, 15) is 23.1 Å². The van der Waals surface area contributed by atoms with Crippen molar-refractivity contribution in [1.29, 1.82) is 0 Å². The molecule has 1 aliphatic rings. The van der Waals surface area contributed by atoms with E-state index in [2.05, 4.69) is 5.32 Å². The molecule has 1 heterocycles. The van der Waals surface area contributed by atoms with Gasteiger partial charge in [-0.15, -0.1) is 0 Å². The number of likely N-dealkylation sites (tertiary alicyclic amines) is 1. The fraction of sp³-hybridized carbons (Fsp3) is 0.562. The lowest BCUT2D eigenvalue weighted by molar-refractivity contribution is -0.153. The van der Waals surface area contributed by atoms with E-state index in [0.29, 0.717) is 18.5 Å². The fourth-order valence-corrected chi connectivity index (χ4v) is 2.44. The Bertz CT molecular complexity index is 592. The highest BCUT2D eigenvalue weighted by molar-refractivity contribution is 5.91. The van der Waals surface area contributed by atoms with Crippen molar-refractivity contribution in [2.75, 3.05) is 25.0 Å². The molecule has 8 heteroatoms. The Kier molecular flexibility index (Phi) is 5.58. The normalized spacial score (nSPS) is 21.5. The van der Waals surface area contributed by atoms with Crippen LogP contribution in [0, 0.1) is 12.8 Å². The maximum Gasteiger partial charge on any atom is 0.422 e. The third-order valence-corrected chi connectivity index (χ3v) is 3.98. The molecule has 0 bridgehead atoms. The predicted octanol–water partition coefficient (Wildman–Crippen LogP) is 3.17. The Balaban J connectivity index is 2.07. The molecule has 0 radical (unpaired) electrons. The minimum atomic E-state index is -4.46. The average molecular weight is 346 g/mol. The molecule has 1 aromatic rings. The van der Waals surface area contributed by atoms with Gasteiger partial charge in [0.1, 0.15) is 5.75 Å². The molecular weight excluding hydrogens is 325 g/mol. The first-order chi connectivity index (χ1) is 11.2. The van der Waals surface area contributed by atoms with Crippen molar-refractivity contribution >= 4 is 11.7 Å². The van der Waals surface area contributed by atoms with Gasteiger partial charge in [0.05, 0.1) is 11.8 Å². The zero-order chi connectivity index (χ0) is 17.9. The maximum atomic E-state index is 12.4. The molecule has 1 fully saturated rings. The summed E-state index contributed by atoms with van der Waals surface area (Å²) in [5, 5.41) is 12.4. The molecule has 0 aliphatic carbocycles. The van der Waals surface area contributed by atoms with E-state index in [1.54, 1.807) is 13.0 Å². The smallest absolute Gasteiger partial charge is 0.422 e. The van der Waals surface area contributed by atoms with Crippen LogP contribution in [0.25, 0.3) is 0 Å². The average Bonchev–Trinajstić information content (AvgIpc) is 2.49. The van der Waals surface area contributed by atoms with Crippen molar-refractivity contribution in [3.05, 3.63) is 23.8 Å². The Hall–Kier alpha value is -1.96. The lowest BCUT2D eigenvalue weighted by Crippen LogP contribution is -2.47. The lowest BCUT2D eigenvalue weighted by atomic mass is 9.96. The number of alkyl halides is 3. The number of nitrogens with zero attached hydrogens (tertiary/aromatic N) is 1. The number of ether oxygens (including phenoxy) is 1. The van der Waals surface area contributed by atoms with Crippen molar-refractivity contribution in [3.63, 3.8) is 0 Å². The van der Waals surface area contributed by atoms with Gasteiger partial charge in [0.2, 0.25) is 0 Å². The summed E-state index contributed by atoms with van der Waals surface area (Å²) in [6, 6.07) is 4.14. The first kappa shape index (κ1) is 18.4. The minimum Gasteiger partial charge on any atom is -0.482 e. The van der Waals surface area contributed by atoms with Gasteiger partial charge in [-0.25, -0.2) is 4.79 Å². The maximum absolute atomic E-state index is 12.4. The number of amides is 2. The van der Waals surface area contributed by atoms with Crippen LogP contribution in [0.5, 0.6) is 5.75 Å². The van der Waals surface area contributed by atoms with Gasteiger partial charge in [0.25, 0.3) is 0 Å². The number of hydrogen-bond donors (Lipinski definition) is 2. The molecule has 2 unspecified atom stereocenters. The van der Waals surface area contributed by atoms with Gasteiger partial charge in [-0.3, -0.25) is 0 Å². The van der Waals surface area contributed by atoms with E-state index < -0.39 is 24.9 Å². The first-order valence-corrected chi connectivity index (χ1v) is 7.70. The van der Waals surface area contributed by atoms with Crippen LogP contribution in [0.2, 0.25) is 0 Å². The number of aliphatic hydroxyl groups is 1. The second-order valence-corrected chi connectivity index (χ2v) is 6.11. The highest BCUT2D eigenvalue weighted by Gasteiger charge is 2.30. The highest BCUT2D eigenvalue weighted by Crippen LogP contribution is 2.28. The largest absolute Gasteiger partial charge is 0.482 e. The lowest BCUT2D eigenvalue weighted by Gasteiger charge is -2.34. The predicted molar refractivity (Wildman–Crippen MR) is 83.1 cm³/mol. The molecule has 134 valence electrons. The Morgan fingerprint density at radius 1 is 1.46 bits per heavy atom. The highest BCUT2D eigenvalue weighted by atomic mass is 19.4. The number of anilines is 1. The third kappa shape index (κ3) is 5.02. The summed E-state index contributed by atoms with van der Waals surface area (Å²) >= 11 is 0. The number of benzene rings is 1. The van der Waals surface area contributed by atoms with Crippen molar-refractivity contribution in [1.82, 2.24) is 4.90 Å². The second-order valence-electron chi connectivity index (χ2n) is 6.11. The van der Waals surface area contributed by atoms with Crippen LogP contribution in [0.4, 0.5) is 23.7 Å². The van der Waals surface area contributed by atoms with Crippen LogP contribution in [-0.2, 0) is 0 Å². The molecule has 2 rings (SSSR count). The van der Waals surface area contributed by atoms with Gasteiger partial charge >= 0.3 is 12.2 Å². The van der Waals surface area contributed by atoms with E-state index >= 15 is 0 Å². The van der Waals surface area contributed by atoms with Gasteiger partial charge in [-0.2, -0.15) is 13.2 Å². The summed E-state index contributed by atoms with van der Waals surface area (Å²) in [7, 11) is 0. The molecule has 5 nitrogen and oxygen atoms in total. The number of β-amino-alcohol motifs (C(OH)–C–C–N with tert-alkyl or cyclic N) is 1. The number of aryl methyl sites for hydroxylation is 1. The van der Waals surface area contributed by atoms with Crippen LogP contribution >= 0.6 is 0 Å². The number of nitrogens with one attached hydrogen (secondary N) is 1. The van der Waals surface area contributed by atoms with Crippen molar-refractivity contribution in [3.8, 4) is 5.75 Å². The van der Waals surface area contributed by atoms with Crippen LogP contribution in [0.15, 0.2) is 18.2 Å². The third-order valence-electron chi connectivity index (χ3n) is 3.98. The van der Waals surface area contributed by atoms with Gasteiger partial charge in [-0.1, -0.05) is 13.0 Å². The van der Waals surface area contributed by atoms with E-state index in [0.717, 1.165) is 0 Å². The van der Waals surface area contributed by atoms with Gasteiger partial charge in [0.15, 0.2) is 6.61 Å². The van der Waals surface area contributed by atoms with Gasteiger partial charge < -0.3 is 20.1 Å². The van der Waals surface area contributed by atoms with Crippen LogP contribution < -0.4 is 10.1 Å². The van der Waals surface area contributed by atoms with Crippen molar-refractivity contribution in [2.45, 2.75) is 32.5 Å². The standard InChI is InChI=1S/C16H21F3N2O3/c1-10-3-4-12(14(7-10)24-9-16(17,18)19)20-15(23)21-6-5-11(2)13(22)8-21/h3-4,7,11,13,22H,5-6,8-9H2,1-2H3,(H,20,23). The van der Waals surface area contributed by atoms with Crippen molar-refractivity contribution < 1.29 is 27.8 Å². The number of rotatable bonds is 3. The SMILES string of the molecule is Cc1ccc(NC(=O)N2CCC(C)C(O)C2)c(OCC(F)(F)F)c1. The Morgan fingerprint density at radius 2 is 2.17 bits per heavy atom. The Morgan fingerprint density at radius 3 is 2.79 bits per heavy atom. The monoisotopic (exact) mass is 346 g/mol. The topological polar surface area (TPSA) is 61.8 Å². The minimum absolute atomic E-state index is 0.0356. The summed E-state index contributed by atoms with van der Waals surface area (Å²) in [6.45, 7) is 2.86. The first-order valence-electron chi connectivity index (χ1n) is 7.70. The molecule has 0 aromatic heterocycles. The number of urea groups is 1. The van der Waals surface area contributed by atoms with Crippen LogP contribution in [0.1, 0.15) is 18.9 Å². The summed E-state index contributed by atoms with van der Waals surface area (Å²) in [5.41, 5.74) is 0.885. The number of carbonyl (C=O) groups excluding carboxylic acids is 1. The van der Waals surface area contributed by atoms with Crippen LogP contribution in [0.3, 0.4) is 0 Å². The molecule has 1 aliphatic heterocycles. The number of carbonyl (C=O) groups is 1. The number of halogens is 3.